The van der Waals surface area contributed by atoms with E-state index < -0.39 is 55.6 Å². The van der Waals surface area contributed by atoms with E-state index in [1.165, 1.54) is 24.3 Å². The average molecular weight is 977 g/mol. The first-order valence-electron chi connectivity index (χ1n) is 22.7. The Labute approximate surface area is 395 Å². The third-order valence-corrected chi connectivity index (χ3v) is 16.1. The van der Waals surface area contributed by atoms with Crippen molar-refractivity contribution in [2.75, 3.05) is 43.7 Å². The summed E-state index contributed by atoms with van der Waals surface area (Å²) in [5.74, 6) is -1.83. The molecule has 2 saturated heterocycles. The number of carboxylic acid groups (broad SMARTS) is 1. The molecule has 364 valence electrons. The predicted molar refractivity (Wildman–Crippen MR) is 246 cm³/mol. The van der Waals surface area contributed by atoms with E-state index in [2.05, 4.69) is 20.6 Å². The predicted octanol–water partition coefficient (Wildman–Crippen LogP) is 5.52. The fraction of sp³-hybridized carbons (Fsp3) is 0.458. The quantitative estimate of drug-likeness (QED) is 0.0979. The zero-order chi connectivity index (χ0) is 48.3. The van der Waals surface area contributed by atoms with Crippen molar-refractivity contribution in [2.45, 2.75) is 116 Å². The lowest BCUT2D eigenvalue weighted by atomic mass is 10.1. The number of rotatable bonds is 19. The van der Waals surface area contributed by atoms with Gasteiger partial charge in [-0.1, -0.05) is 36.4 Å². The second kappa shape index (κ2) is 23.1. The Morgan fingerprint density at radius 3 is 1.37 bits per heavy atom. The Morgan fingerprint density at radius 2 is 1.00 bits per heavy atom. The number of benzene rings is 2. The Bertz CT molecular complexity index is 2610. The van der Waals surface area contributed by atoms with Gasteiger partial charge in [0.2, 0.25) is 0 Å². The standard InChI is InChI=1S/C25H30N2O7S.C23H26N2O7S/c1-2-33-23(28)16-18-4-3-5-22(26-18)27-25(29)24(34-19-12-14-32-15-13-19)17-6-8-20(9-7-17)35(30,31)21-10-11-21;26-21(27)14-16-2-1-3-20(24-16)25-23(28)22(32-17-10-12-31-13-11-17)15-4-6-18(7-5-15)33(29,30)19-8-9-19/h3-9,19,21,24H,2,10-16H2,1H3,(H,26,27,29);1-7,17,19,22H,8-14H2,(H,26,27)(H,24,25,28). The Morgan fingerprint density at radius 1 is 0.603 bits per heavy atom. The number of carbonyl (C=O) groups excluding carboxylic acids is 3. The van der Waals surface area contributed by atoms with Crippen LogP contribution in [0.5, 0.6) is 0 Å². The normalized spacial score (nSPS) is 17.7. The van der Waals surface area contributed by atoms with E-state index in [9.17, 15) is 36.0 Å². The lowest BCUT2D eigenvalue weighted by Crippen LogP contribution is -2.31. The first kappa shape index (κ1) is 50.2. The fourth-order valence-electron chi connectivity index (χ4n) is 7.59. The summed E-state index contributed by atoms with van der Waals surface area (Å²) in [5.41, 5.74) is 1.86. The van der Waals surface area contributed by atoms with Gasteiger partial charge in [-0.05, 0) is 118 Å². The SMILES string of the molecule is CCOC(=O)Cc1cccc(NC(=O)C(OC2CCOCC2)c2ccc(S(=O)(=O)C3CC3)cc2)n1.O=C(O)Cc1cccc(NC(=O)C(OC2CCOCC2)c2ccc(S(=O)(=O)C3CC3)cc2)n1. The van der Waals surface area contributed by atoms with Crippen molar-refractivity contribution in [2.24, 2.45) is 0 Å². The van der Waals surface area contributed by atoms with Crippen LogP contribution < -0.4 is 10.6 Å². The van der Waals surface area contributed by atoms with E-state index in [1.54, 1.807) is 67.6 Å². The largest absolute Gasteiger partial charge is 0.481 e. The number of hydrogen-bond acceptors (Lipinski definition) is 15. The van der Waals surface area contributed by atoms with Gasteiger partial charge in [0, 0.05) is 26.4 Å². The number of nitrogens with one attached hydrogen (secondary N) is 2. The molecule has 0 radical (unpaired) electrons. The molecule has 2 atom stereocenters. The van der Waals surface area contributed by atoms with Crippen molar-refractivity contribution in [1.82, 2.24) is 9.97 Å². The molecule has 68 heavy (non-hydrogen) atoms. The second-order valence-electron chi connectivity index (χ2n) is 16.8. The van der Waals surface area contributed by atoms with Crippen LogP contribution in [0.15, 0.2) is 94.7 Å². The van der Waals surface area contributed by atoms with Crippen molar-refractivity contribution in [1.29, 1.82) is 0 Å². The summed E-state index contributed by atoms with van der Waals surface area (Å²) >= 11 is 0. The topological polar surface area (TPSA) is 253 Å². The van der Waals surface area contributed by atoms with Crippen molar-refractivity contribution >= 4 is 55.1 Å². The molecule has 2 aliphatic carbocycles. The highest BCUT2D eigenvalue weighted by Crippen LogP contribution is 2.36. The summed E-state index contributed by atoms with van der Waals surface area (Å²) in [6.45, 7) is 4.19. The van der Waals surface area contributed by atoms with E-state index in [-0.39, 0.29) is 63.6 Å². The molecule has 4 aromatic rings. The number of amides is 2. The molecule has 8 rings (SSSR count). The highest BCUT2D eigenvalue weighted by molar-refractivity contribution is 7.92. The van der Waals surface area contributed by atoms with Crippen LogP contribution in [-0.4, -0.2) is 111 Å². The third kappa shape index (κ3) is 14.0. The summed E-state index contributed by atoms with van der Waals surface area (Å²) in [5, 5.41) is 13.8. The van der Waals surface area contributed by atoms with E-state index in [0.717, 1.165) is 0 Å². The van der Waals surface area contributed by atoms with Gasteiger partial charge in [0.25, 0.3) is 11.8 Å². The van der Waals surface area contributed by atoms with E-state index in [4.69, 9.17) is 28.8 Å². The van der Waals surface area contributed by atoms with Gasteiger partial charge in [-0.2, -0.15) is 0 Å². The summed E-state index contributed by atoms with van der Waals surface area (Å²) in [6.07, 6.45) is 2.75. The Balaban J connectivity index is 0.000000202. The molecule has 4 fully saturated rings. The number of ether oxygens (including phenoxy) is 5. The Hall–Kier alpha value is -5.64. The highest BCUT2D eigenvalue weighted by atomic mass is 32.2. The summed E-state index contributed by atoms with van der Waals surface area (Å²) in [4.78, 5) is 58.2. The molecule has 2 amide bonds. The molecule has 2 aliphatic heterocycles. The highest BCUT2D eigenvalue weighted by Gasteiger charge is 2.38. The van der Waals surface area contributed by atoms with E-state index >= 15 is 0 Å². The van der Waals surface area contributed by atoms with Crippen molar-refractivity contribution in [3.63, 3.8) is 0 Å². The third-order valence-electron chi connectivity index (χ3n) is 11.5. The molecule has 3 N–H and O–H groups in total. The number of carboxylic acids is 1. The lowest BCUT2D eigenvalue weighted by Gasteiger charge is -2.27. The maximum Gasteiger partial charge on any atom is 0.311 e. The molecular formula is C48H56N4O14S2. The number of aromatic nitrogens is 2. The molecule has 4 aliphatic rings. The van der Waals surface area contributed by atoms with Gasteiger partial charge in [-0.3, -0.25) is 19.2 Å². The number of sulfone groups is 2. The van der Waals surface area contributed by atoms with E-state index in [0.29, 0.717) is 100 Å². The zero-order valence-electron chi connectivity index (χ0n) is 37.6. The smallest absolute Gasteiger partial charge is 0.311 e. The number of nitrogens with zero attached hydrogens (tertiary/aromatic N) is 2. The summed E-state index contributed by atoms with van der Waals surface area (Å²) in [6, 6.07) is 22.3. The van der Waals surface area contributed by atoms with Gasteiger partial charge in [-0.15, -0.1) is 0 Å². The van der Waals surface area contributed by atoms with Crippen LogP contribution in [0.2, 0.25) is 0 Å². The summed E-state index contributed by atoms with van der Waals surface area (Å²) < 4.78 is 78.1. The minimum absolute atomic E-state index is 0.00349. The molecule has 2 unspecified atom stereocenters. The molecule has 0 spiro atoms. The molecule has 20 heteroatoms. The van der Waals surface area contributed by atoms with Gasteiger partial charge >= 0.3 is 11.9 Å². The maximum absolute atomic E-state index is 13.3. The van der Waals surface area contributed by atoms with Crippen molar-refractivity contribution in [3.05, 3.63) is 107 Å². The van der Waals surface area contributed by atoms with E-state index in [1.807, 2.05) is 0 Å². The minimum Gasteiger partial charge on any atom is -0.481 e. The van der Waals surface area contributed by atoms with Gasteiger partial charge in [0.1, 0.15) is 11.6 Å². The van der Waals surface area contributed by atoms with Gasteiger partial charge in [0.15, 0.2) is 31.9 Å². The fourth-order valence-corrected chi connectivity index (χ4v) is 10.9. The molecule has 18 nitrogen and oxygen atoms in total. The molecule has 2 aromatic carbocycles. The number of anilines is 2. The van der Waals surface area contributed by atoms with Crippen molar-refractivity contribution < 1.29 is 64.8 Å². The second-order valence-corrected chi connectivity index (χ2v) is 21.3. The monoisotopic (exact) mass is 976 g/mol. The van der Waals surface area contributed by atoms with Crippen LogP contribution >= 0.6 is 0 Å². The minimum atomic E-state index is -3.33. The maximum atomic E-state index is 13.3. The number of aliphatic carboxylic acids is 1. The van der Waals surface area contributed by atoms with Crippen molar-refractivity contribution in [3.8, 4) is 0 Å². The first-order valence-corrected chi connectivity index (χ1v) is 25.8. The van der Waals surface area contributed by atoms with Crippen LogP contribution in [0, 0.1) is 0 Å². The molecule has 2 aromatic heterocycles. The van der Waals surface area contributed by atoms with Gasteiger partial charge in [0.05, 0.1) is 63.3 Å². The number of pyridine rings is 2. The number of hydrogen-bond donors (Lipinski definition) is 3. The van der Waals surface area contributed by atoms with Crippen LogP contribution in [0.25, 0.3) is 0 Å². The van der Waals surface area contributed by atoms with Crippen LogP contribution in [-0.2, 0) is 75.4 Å². The molecule has 0 bridgehead atoms. The zero-order valence-corrected chi connectivity index (χ0v) is 39.3. The van der Waals surface area contributed by atoms with Crippen LogP contribution in [0.1, 0.15) is 93.0 Å². The number of esters is 1. The first-order chi connectivity index (χ1) is 32.7. The van der Waals surface area contributed by atoms with Crippen LogP contribution in [0.4, 0.5) is 11.6 Å². The molecule has 4 heterocycles. The average Bonchev–Trinajstić information content (AvgIpc) is 4.26. The summed E-state index contributed by atoms with van der Waals surface area (Å²) in [7, 11) is -6.66. The number of carbonyl (C=O) groups is 4. The Kier molecular flexibility index (Phi) is 17.1. The lowest BCUT2D eigenvalue weighted by molar-refractivity contribution is -0.142. The van der Waals surface area contributed by atoms with Crippen LogP contribution in [0.3, 0.4) is 0 Å². The van der Waals surface area contributed by atoms with Gasteiger partial charge in [-0.25, -0.2) is 26.8 Å². The molecule has 2 saturated carbocycles. The van der Waals surface area contributed by atoms with Gasteiger partial charge < -0.3 is 39.4 Å². The molecular weight excluding hydrogens is 921 g/mol.